The van der Waals surface area contributed by atoms with Crippen molar-refractivity contribution in [2.24, 2.45) is 0 Å². The van der Waals surface area contributed by atoms with E-state index in [9.17, 15) is 9.18 Å². The lowest BCUT2D eigenvalue weighted by Crippen LogP contribution is -2.14. The zero-order valence-corrected chi connectivity index (χ0v) is 18.2. The Labute approximate surface area is 194 Å². The highest BCUT2D eigenvalue weighted by Crippen LogP contribution is 2.29. The molecule has 6 bridgehead atoms. The summed E-state index contributed by atoms with van der Waals surface area (Å²) in [5.74, 6) is 0.216. The number of anilines is 5. The number of carbonyl (C=O) groups is 1. The molecule has 0 saturated heterocycles. The fourth-order valence-electron chi connectivity index (χ4n) is 3.66. The van der Waals surface area contributed by atoms with Gasteiger partial charge in [-0.15, -0.1) is 0 Å². The third-order valence-corrected chi connectivity index (χ3v) is 5.61. The van der Waals surface area contributed by atoms with Crippen molar-refractivity contribution in [2.75, 3.05) is 16.0 Å². The van der Waals surface area contributed by atoms with Gasteiger partial charge in [0.15, 0.2) is 5.82 Å². The molecular weight excluding hydrogens is 441 g/mol. The maximum absolute atomic E-state index is 13.2. The number of benzene rings is 3. The Hall–Kier alpha value is -3.97. The van der Waals surface area contributed by atoms with Gasteiger partial charge in [-0.2, -0.15) is 4.98 Å². The summed E-state index contributed by atoms with van der Waals surface area (Å²) < 4.78 is 13.2. The van der Waals surface area contributed by atoms with E-state index in [0.717, 1.165) is 28.9 Å². The van der Waals surface area contributed by atoms with Gasteiger partial charge in [0.25, 0.3) is 5.91 Å². The second-order valence-corrected chi connectivity index (χ2v) is 8.08. The molecule has 5 rings (SSSR count). The standard InChI is InChI=1S/C25H19ClFN5O/c26-21-14-28-25-30-19-3-1-2-15(12-19)4-5-17-13-20(29-23(21)32-25)10-11-22(17)31-24(33)16-6-8-18(27)9-7-16/h1-3,6-14H,4-5H2,(H,31,33)(H2,28,29,30,32). The molecule has 3 aromatic carbocycles. The maximum Gasteiger partial charge on any atom is 0.255 e. The maximum atomic E-state index is 13.2. The van der Waals surface area contributed by atoms with Crippen molar-refractivity contribution >= 4 is 46.3 Å². The van der Waals surface area contributed by atoms with E-state index in [1.807, 2.05) is 36.4 Å². The Kier molecular flexibility index (Phi) is 5.62. The first-order valence-corrected chi connectivity index (χ1v) is 10.8. The van der Waals surface area contributed by atoms with Crippen LogP contribution >= 0.6 is 11.6 Å². The molecule has 0 unspecified atom stereocenters. The van der Waals surface area contributed by atoms with Gasteiger partial charge in [-0.05, 0) is 78.6 Å². The highest BCUT2D eigenvalue weighted by molar-refractivity contribution is 6.32. The second kappa shape index (κ2) is 8.88. The molecule has 2 heterocycles. The van der Waals surface area contributed by atoms with Crippen molar-refractivity contribution in [1.29, 1.82) is 0 Å². The largest absolute Gasteiger partial charge is 0.339 e. The number of halogens is 2. The van der Waals surface area contributed by atoms with E-state index in [2.05, 4.69) is 32.0 Å². The Morgan fingerprint density at radius 3 is 2.64 bits per heavy atom. The molecule has 1 aromatic heterocycles. The second-order valence-electron chi connectivity index (χ2n) is 7.67. The topological polar surface area (TPSA) is 78.9 Å². The predicted octanol–water partition coefficient (Wildman–Crippen LogP) is 6.11. The van der Waals surface area contributed by atoms with Crippen LogP contribution in [0.25, 0.3) is 0 Å². The lowest BCUT2D eigenvalue weighted by atomic mass is 10.0. The Balaban J connectivity index is 1.51. The molecule has 3 N–H and O–H groups in total. The molecule has 1 amide bonds. The monoisotopic (exact) mass is 459 g/mol. The zero-order valence-electron chi connectivity index (χ0n) is 17.4. The van der Waals surface area contributed by atoms with E-state index < -0.39 is 0 Å². The van der Waals surface area contributed by atoms with Crippen molar-refractivity contribution < 1.29 is 9.18 Å². The molecule has 0 radical (unpaired) electrons. The van der Waals surface area contributed by atoms with Crippen LogP contribution in [-0.4, -0.2) is 15.9 Å². The van der Waals surface area contributed by atoms with Crippen molar-refractivity contribution in [1.82, 2.24) is 9.97 Å². The number of hydrogen-bond donors (Lipinski definition) is 3. The molecule has 0 fully saturated rings. The summed E-state index contributed by atoms with van der Waals surface area (Å²) in [6.45, 7) is 0. The summed E-state index contributed by atoms with van der Waals surface area (Å²) in [7, 11) is 0. The molecule has 4 aromatic rings. The van der Waals surface area contributed by atoms with Crippen molar-refractivity contribution in [3.8, 4) is 0 Å². The Morgan fingerprint density at radius 1 is 0.970 bits per heavy atom. The third kappa shape index (κ3) is 4.78. The van der Waals surface area contributed by atoms with Crippen LogP contribution in [0.3, 0.4) is 0 Å². The molecule has 0 saturated carbocycles. The van der Waals surface area contributed by atoms with Gasteiger partial charge in [-0.3, -0.25) is 4.79 Å². The number of fused-ring (bicyclic) bond motifs is 6. The minimum absolute atomic E-state index is 0.301. The summed E-state index contributed by atoms with van der Waals surface area (Å²) in [4.78, 5) is 21.5. The molecule has 0 spiro atoms. The molecule has 0 atom stereocenters. The zero-order chi connectivity index (χ0) is 22.8. The third-order valence-electron chi connectivity index (χ3n) is 5.33. The van der Waals surface area contributed by atoms with Crippen molar-refractivity contribution in [3.63, 3.8) is 0 Å². The van der Waals surface area contributed by atoms with Gasteiger partial charge in [0.05, 0.1) is 6.20 Å². The van der Waals surface area contributed by atoms with Gasteiger partial charge in [0.2, 0.25) is 5.95 Å². The molecule has 8 heteroatoms. The first kappa shape index (κ1) is 20.9. The number of nitrogens with zero attached hydrogens (tertiary/aromatic N) is 2. The highest BCUT2D eigenvalue weighted by Gasteiger charge is 2.13. The summed E-state index contributed by atoms with van der Waals surface area (Å²) in [6, 6.07) is 19.1. The molecule has 1 aliphatic rings. The predicted molar refractivity (Wildman–Crippen MR) is 128 cm³/mol. The number of amides is 1. The van der Waals surface area contributed by atoms with Gasteiger partial charge in [-0.1, -0.05) is 23.7 Å². The molecular formula is C25H19ClFN5O. The molecule has 0 aliphatic carbocycles. The highest BCUT2D eigenvalue weighted by atomic mass is 35.5. The van der Waals surface area contributed by atoms with Crippen LogP contribution in [0.4, 0.5) is 33.2 Å². The summed E-state index contributed by atoms with van der Waals surface area (Å²) >= 11 is 6.31. The SMILES string of the molecule is O=C(Nc1ccc2cc1CCc1cccc(c1)Nc1ncc(Cl)c(n1)N2)c1ccc(F)cc1. The fraction of sp³-hybridized carbons (Fsp3) is 0.0800. The van der Waals surface area contributed by atoms with Crippen molar-refractivity contribution in [2.45, 2.75) is 12.8 Å². The van der Waals surface area contributed by atoms with Crippen LogP contribution < -0.4 is 16.0 Å². The minimum Gasteiger partial charge on any atom is -0.339 e. The Morgan fingerprint density at radius 2 is 1.79 bits per heavy atom. The van der Waals surface area contributed by atoms with Crippen LogP contribution in [0.5, 0.6) is 0 Å². The summed E-state index contributed by atoms with van der Waals surface area (Å²) in [6.07, 6.45) is 2.99. The van der Waals surface area contributed by atoms with Gasteiger partial charge in [-0.25, -0.2) is 9.37 Å². The fourth-order valence-corrected chi connectivity index (χ4v) is 3.80. The smallest absolute Gasteiger partial charge is 0.255 e. The minimum atomic E-state index is -0.386. The number of nitrogens with one attached hydrogen (secondary N) is 3. The average Bonchev–Trinajstić information content (AvgIpc) is 2.82. The number of hydrogen-bond acceptors (Lipinski definition) is 5. The quantitative estimate of drug-likeness (QED) is 0.337. The molecule has 6 nitrogen and oxygen atoms in total. The summed E-state index contributed by atoms with van der Waals surface area (Å²) in [5, 5.41) is 9.79. The number of aryl methyl sites for hydroxylation is 2. The number of rotatable bonds is 2. The first-order chi connectivity index (χ1) is 16.0. The van der Waals surface area contributed by atoms with Crippen LogP contribution in [0.1, 0.15) is 21.5 Å². The van der Waals surface area contributed by atoms with Gasteiger partial charge >= 0.3 is 0 Å². The van der Waals surface area contributed by atoms with Crippen LogP contribution in [0, 0.1) is 5.82 Å². The van der Waals surface area contributed by atoms with E-state index in [1.165, 1.54) is 24.3 Å². The first-order valence-electron chi connectivity index (χ1n) is 10.4. The number of carbonyl (C=O) groups excluding carboxylic acids is 1. The average molecular weight is 460 g/mol. The van der Waals surface area contributed by atoms with E-state index in [-0.39, 0.29) is 11.7 Å². The lowest BCUT2D eigenvalue weighted by Gasteiger charge is -2.15. The van der Waals surface area contributed by atoms with Crippen LogP contribution in [-0.2, 0) is 12.8 Å². The van der Waals surface area contributed by atoms with E-state index in [1.54, 1.807) is 6.20 Å². The van der Waals surface area contributed by atoms with E-state index in [4.69, 9.17) is 11.6 Å². The van der Waals surface area contributed by atoms with E-state index >= 15 is 0 Å². The number of aromatic nitrogens is 2. The Bertz CT molecular complexity index is 1340. The molecule has 1 aliphatic heterocycles. The van der Waals surface area contributed by atoms with Crippen LogP contribution in [0.15, 0.2) is 72.9 Å². The van der Waals surface area contributed by atoms with Gasteiger partial charge < -0.3 is 16.0 Å². The molecule has 164 valence electrons. The normalized spacial score (nSPS) is 12.3. The van der Waals surface area contributed by atoms with Gasteiger partial charge in [0.1, 0.15) is 10.8 Å². The van der Waals surface area contributed by atoms with E-state index in [0.29, 0.717) is 34.5 Å². The summed E-state index contributed by atoms with van der Waals surface area (Å²) in [5.41, 5.74) is 4.79. The lowest BCUT2D eigenvalue weighted by molar-refractivity contribution is 0.102. The van der Waals surface area contributed by atoms with Crippen molar-refractivity contribution in [3.05, 3.63) is 100 Å². The van der Waals surface area contributed by atoms with Crippen LogP contribution in [0.2, 0.25) is 5.02 Å². The molecule has 33 heavy (non-hydrogen) atoms. The van der Waals surface area contributed by atoms with Gasteiger partial charge in [0, 0.05) is 22.6 Å².